The maximum Gasteiger partial charge on any atom is 0.330 e. The quantitative estimate of drug-likeness (QED) is 0.459. The summed E-state index contributed by atoms with van der Waals surface area (Å²) in [5, 5.41) is 0. The zero-order valence-corrected chi connectivity index (χ0v) is 12.9. The Morgan fingerprint density at radius 2 is 1.89 bits per heavy atom. The minimum Gasteiger partial charge on any atom is -0.463 e. The highest BCUT2D eigenvalue weighted by Crippen LogP contribution is 2.25. The second-order valence-corrected chi connectivity index (χ2v) is 6.33. The second-order valence-electron chi connectivity index (χ2n) is 5.24. The van der Waals surface area contributed by atoms with E-state index in [1.165, 1.54) is 16.5 Å². The predicted octanol–water partition coefficient (Wildman–Crippen LogP) is 4.20. The summed E-state index contributed by atoms with van der Waals surface area (Å²) >= 11 is 1.71. The number of rotatable bonds is 5. The van der Waals surface area contributed by atoms with Crippen molar-refractivity contribution < 1.29 is 9.53 Å². The lowest BCUT2D eigenvalue weighted by molar-refractivity contribution is -0.137. The molecule has 0 radical (unpaired) electrons. The van der Waals surface area contributed by atoms with E-state index in [9.17, 15) is 4.79 Å². The summed E-state index contributed by atoms with van der Waals surface area (Å²) in [5.74, 6) is 0.499. The Morgan fingerprint density at radius 3 is 2.42 bits per heavy atom. The predicted molar refractivity (Wildman–Crippen MR) is 81.6 cm³/mol. The molecular formula is C16H22O2S. The highest BCUT2D eigenvalue weighted by molar-refractivity contribution is 7.99. The average molecular weight is 278 g/mol. The summed E-state index contributed by atoms with van der Waals surface area (Å²) in [5.41, 5.74) is 1.52. The molecule has 19 heavy (non-hydrogen) atoms. The van der Waals surface area contributed by atoms with Crippen molar-refractivity contribution in [2.45, 2.75) is 38.0 Å². The Kier molecular flexibility index (Phi) is 6.16. The minimum atomic E-state index is -0.272. The normalized spacial score (nSPS) is 11.8. The van der Waals surface area contributed by atoms with Crippen LogP contribution in [0, 0.1) is 0 Å². The zero-order chi connectivity index (χ0) is 14.3. The number of thioether (sulfide) groups is 1. The summed E-state index contributed by atoms with van der Waals surface area (Å²) in [6.45, 7) is 8.84. The van der Waals surface area contributed by atoms with E-state index in [1.54, 1.807) is 18.7 Å². The number of ether oxygens (including phenoxy) is 1. The van der Waals surface area contributed by atoms with Crippen molar-refractivity contribution >= 4 is 17.7 Å². The van der Waals surface area contributed by atoms with Crippen molar-refractivity contribution in [2.24, 2.45) is 0 Å². The fraction of sp³-hybridized carbons (Fsp3) is 0.438. The Morgan fingerprint density at radius 1 is 1.26 bits per heavy atom. The van der Waals surface area contributed by atoms with Gasteiger partial charge in [0.1, 0.15) is 0 Å². The van der Waals surface area contributed by atoms with Crippen molar-refractivity contribution in [1.82, 2.24) is 0 Å². The molecule has 2 nitrogen and oxygen atoms in total. The van der Waals surface area contributed by atoms with Crippen molar-refractivity contribution in [1.29, 1.82) is 0 Å². The average Bonchev–Trinajstić information content (AvgIpc) is 2.34. The maximum absolute atomic E-state index is 11.1. The SMILES string of the molecule is CCOC(=O)/C=C/CSc1ccc(C(C)(C)C)cc1. The summed E-state index contributed by atoms with van der Waals surface area (Å²) in [6.07, 6.45) is 3.32. The molecular weight excluding hydrogens is 256 g/mol. The smallest absolute Gasteiger partial charge is 0.330 e. The van der Waals surface area contributed by atoms with E-state index >= 15 is 0 Å². The van der Waals surface area contributed by atoms with E-state index in [2.05, 4.69) is 45.0 Å². The second kappa shape index (κ2) is 7.39. The minimum absolute atomic E-state index is 0.188. The Hall–Kier alpha value is -1.22. The number of carbonyl (C=O) groups is 1. The lowest BCUT2D eigenvalue weighted by Crippen LogP contribution is -2.10. The first kappa shape index (κ1) is 15.8. The molecule has 1 aromatic carbocycles. The molecule has 1 aromatic rings. The fourth-order valence-electron chi connectivity index (χ4n) is 1.53. The van der Waals surface area contributed by atoms with Gasteiger partial charge in [0.25, 0.3) is 0 Å². The van der Waals surface area contributed by atoms with Gasteiger partial charge in [0.2, 0.25) is 0 Å². The molecule has 0 heterocycles. The summed E-state index contributed by atoms with van der Waals surface area (Å²) in [4.78, 5) is 12.3. The van der Waals surface area contributed by atoms with Gasteiger partial charge in [-0.1, -0.05) is 39.0 Å². The molecule has 0 aromatic heterocycles. The molecule has 0 unspecified atom stereocenters. The first-order valence-electron chi connectivity index (χ1n) is 6.50. The highest BCUT2D eigenvalue weighted by atomic mass is 32.2. The molecule has 0 aliphatic heterocycles. The summed E-state index contributed by atoms with van der Waals surface area (Å²) in [7, 11) is 0. The first-order valence-corrected chi connectivity index (χ1v) is 7.48. The van der Waals surface area contributed by atoms with Gasteiger partial charge in [0, 0.05) is 16.7 Å². The van der Waals surface area contributed by atoms with Crippen molar-refractivity contribution in [3.8, 4) is 0 Å². The largest absolute Gasteiger partial charge is 0.463 e. The monoisotopic (exact) mass is 278 g/mol. The van der Waals surface area contributed by atoms with Gasteiger partial charge in [-0.15, -0.1) is 11.8 Å². The molecule has 0 aliphatic carbocycles. The van der Waals surface area contributed by atoms with Gasteiger partial charge in [-0.25, -0.2) is 4.79 Å². The lowest BCUT2D eigenvalue weighted by Gasteiger charge is -2.18. The van der Waals surface area contributed by atoms with Crippen LogP contribution in [0.2, 0.25) is 0 Å². The van der Waals surface area contributed by atoms with Gasteiger partial charge in [0.05, 0.1) is 6.61 Å². The van der Waals surface area contributed by atoms with Crippen molar-refractivity contribution in [2.75, 3.05) is 12.4 Å². The third kappa shape index (κ3) is 5.97. The lowest BCUT2D eigenvalue weighted by atomic mass is 9.87. The van der Waals surface area contributed by atoms with Crippen LogP contribution in [0.1, 0.15) is 33.3 Å². The van der Waals surface area contributed by atoms with E-state index in [1.807, 2.05) is 6.08 Å². The topological polar surface area (TPSA) is 26.3 Å². The van der Waals surface area contributed by atoms with E-state index < -0.39 is 0 Å². The molecule has 1 rings (SSSR count). The van der Waals surface area contributed by atoms with Gasteiger partial charge in [-0.3, -0.25) is 0 Å². The number of hydrogen-bond acceptors (Lipinski definition) is 3. The zero-order valence-electron chi connectivity index (χ0n) is 12.1. The van der Waals surface area contributed by atoms with Gasteiger partial charge in [-0.2, -0.15) is 0 Å². The Balaban J connectivity index is 2.44. The molecule has 0 amide bonds. The van der Waals surface area contributed by atoms with Gasteiger partial charge < -0.3 is 4.74 Å². The van der Waals surface area contributed by atoms with Gasteiger partial charge >= 0.3 is 5.97 Å². The molecule has 0 saturated heterocycles. The Bertz CT molecular complexity index is 427. The first-order chi connectivity index (χ1) is 8.93. The van der Waals surface area contributed by atoms with E-state index in [4.69, 9.17) is 4.74 Å². The van der Waals surface area contributed by atoms with Crippen LogP contribution >= 0.6 is 11.8 Å². The number of hydrogen-bond donors (Lipinski definition) is 0. The molecule has 0 fully saturated rings. The summed E-state index contributed by atoms with van der Waals surface area (Å²) < 4.78 is 4.81. The van der Waals surface area contributed by atoms with Crippen LogP contribution in [-0.4, -0.2) is 18.3 Å². The highest BCUT2D eigenvalue weighted by Gasteiger charge is 2.12. The van der Waals surface area contributed by atoms with Crippen molar-refractivity contribution in [3.05, 3.63) is 42.0 Å². The number of esters is 1. The molecule has 0 bridgehead atoms. The number of carbonyl (C=O) groups excluding carboxylic acids is 1. The van der Waals surface area contributed by atoms with Crippen LogP contribution in [0.3, 0.4) is 0 Å². The third-order valence-electron chi connectivity index (χ3n) is 2.61. The van der Waals surface area contributed by atoms with Crippen LogP contribution in [0.15, 0.2) is 41.3 Å². The van der Waals surface area contributed by atoms with Gasteiger partial charge in [-0.05, 0) is 30.0 Å². The Labute approximate surface area is 120 Å². The molecule has 104 valence electrons. The van der Waals surface area contributed by atoms with Crippen molar-refractivity contribution in [3.63, 3.8) is 0 Å². The molecule has 0 saturated carbocycles. The summed E-state index contributed by atoms with van der Waals surface area (Å²) in [6, 6.07) is 8.59. The van der Waals surface area contributed by atoms with E-state index in [0.29, 0.717) is 6.61 Å². The molecule has 0 aliphatic rings. The van der Waals surface area contributed by atoms with Crippen LogP contribution in [0.5, 0.6) is 0 Å². The fourth-order valence-corrected chi connectivity index (χ4v) is 2.24. The maximum atomic E-state index is 11.1. The van der Waals surface area contributed by atoms with Gasteiger partial charge in [0.15, 0.2) is 0 Å². The van der Waals surface area contributed by atoms with Crippen LogP contribution in [0.4, 0.5) is 0 Å². The number of benzene rings is 1. The van der Waals surface area contributed by atoms with Crippen LogP contribution in [-0.2, 0) is 14.9 Å². The molecule has 0 N–H and O–H groups in total. The molecule has 0 spiro atoms. The molecule has 0 atom stereocenters. The van der Waals surface area contributed by atoms with E-state index in [0.717, 1.165) is 5.75 Å². The van der Waals surface area contributed by atoms with Crippen LogP contribution < -0.4 is 0 Å². The standard InChI is InChI=1S/C16H22O2S/c1-5-18-15(17)7-6-12-19-14-10-8-13(9-11-14)16(2,3)4/h6-11H,5,12H2,1-4H3/b7-6+. The third-order valence-corrected chi connectivity index (χ3v) is 3.57. The molecule has 3 heteroatoms. The van der Waals surface area contributed by atoms with E-state index in [-0.39, 0.29) is 11.4 Å². The van der Waals surface area contributed by atoms with Crippen LogP contribution in [0.25, 0.3) is 0 Å².